The maximum atomic E-state index is 5.04. The highest BCUT2D eigenvalue weighted by Gasteiger charge is 2.07. The van der Waals surface area contributed by atoms with Gasteiger partial charge in [0.2, 0.25) is 0 Å². The minimum atomic E-state index is 0.527. The molecule has 0 aliphatic rings. The predicted octanol–water partition coefficient (Wildman–Crippen LogP) is 1.97. The van der Waals surface area contributed by atoms with Crippen molar-refractivity contribution in [2.24, 2.45) is 5.92 Å². The summed E-state index contributed by atoms with van der Waals surface area (Å²) >= 11 is 3.83. The van der Waals surface area contributed by atoms with Crippen molar-refractivity contribution in [1.82, 2.24) is 10.2 Å². The van der Waals surface area contributed by atoms with Gasteiger partial charge in [-0.3, -0.25) is 0 Å². The maximum absolute atomic E-state index is 5.04. The average molecular weight is 298 g/mol. The molecule has 3 nitrogen and oxygen atoms in total. The number of ether oxygens (including phenoxy) is 1. The maximum Gasteiger partial charge on any atom is 0.178 e. The normalized spacial score (nSPS) is 13.2. The molecule has 0 bridgehead atoms. The lowest BCUT2D eigenvalue weighted by Crippen LogP contribution is -2.06. The summed E-state index contributed by atoms with van der Waals surface area (Å²) in [5.41, 5.74) is 0. The minimum Gasteiger partial charge on any atom is -0.384 e. The van der Waals surface area contributed by atoms with Crippen molar-refractivity contribution in [3.05, 3.63) is 8.02 Å². The van der Waals surface area contributed by atoms with E-state index in [0.717, 1.165) is 21.0 Å². The second-order valence-electron chi connectivity index (χ2n) is 2.71. The summed E-state index contributed by atoms with van der Waals surface area (Å²) < 4.78 is 6.04. The zero-order valence-electron chi connectivity index (χ0n) is 7.08. The van der Waals surface area contributed by atoms with E-state index in [1.165, 1.54) is 0 Å². The van der Waals surface area contributed by atoms with Crippen molar-refractivity contribution in [2.45, 2.75) is 13.3 Å². The molecule has 68 valence electrons. The van der Waals surface area contributed by atoms with Gasteiger partial charge in [0.1, 0.15) is 5.01 Å². The topological polar surface area (TPSA) is 35.0 Å². The van der Waals surface area contributed by atoms with E-state index in [0.29, 0.717) is 5.92 Å². The van der Waals surface area contributed by atoms with Gasteiger partial charge >= 0.3 is 0 Å². The van der Waals surface area contributed by atoms with Crippen molar-refractivity contribution >= 4 is 33.9 Å². The van der Waals surface area contributed by atoms with Crippen molar-refractivity contribution in [3.8, 4) is 0 Å². The average Bonchev–Trinajstić information content (AvgIpc) is 2.36. The highest BCUT2D eigenvalue weighted by Crippen LogP contribution is 2.15. The summed E-state index contributed by atoms with van der Waals surface area (Å²) in [7, 11) is 1.72. The summed E-state index contributed by atoms with van der Waals surface area (Å²) in [6.07, 6.45) is 0.967. The van der Waals surface area contributed by atoms with E-state index in [-0.39, 0.29) is 0 Å². The Kier molecular flexibility index (Phi) is 4.38. The summed E-state index contributed by atoms with van der Waals surface area (Å²) in [4.78, 5) is 0. The van der Waals surface area contributed by atoms with Crippen LogP contribution >= 0.6 is 33.9 Å². The Balaban J connectivity index is 2.41. The zero-order valence-corrected chi connectivity index (χ0v) is 10.1. The number of halogens is 1. The van der Waals surface area contributed by atoms with Gasteiger partial charge in [0.05, 0.1) is 0 Å². The molecular formula is C7H11IN2OS. The summed E-state index contributed by atoms with van der Waals surface area (Å²) in [5.74, 6) is 0.527. The molecule has 0 amide bonds. The third kappa shape index (κ3) is 3.32. The highest BCUT2D eigenvalue weighted by molar-refractivity contribution is 14.1. The highest BCUT2D eigenvalue weighted by atomic mass is 127. The van der Waals surface area contributed by atoms with Crippen LogP contribution in [0, 0.1) is 8.93 Å². The van der Waals surface area contributed by atoms with E-state index in [1.807, 2.05) is 0 Å². The van der Waals surface area contributed by atoms with Crippen molar-refractivity contribution in [3.63, 3.8) is 0 Å². The lowest BCUT2D eigenvalue weighted by Gasteiger charge is -2.05. The second kappa shape index (κ2) is 5.08. The number of hydrogen-bond acceptors (Lipinski definition) is 4. The van der Waals surface area contributed by atoms with Crippen LogP contribution in [-0.2, 0) is 11.2 Å². The van der Waals surface area contributed by atoms with E-state index >= 15 is 0 Å². The SMILES string of the molecule is COCC(C)Cc1nnc(I)s1. The van der Waals surface area contributed by atoms with Crippen LogP contribution in [0.15, 0.2) is 0 Å². The molecule has 0 aliphatic carbocycles. The van der Waals surface area contributed by atoms with E-state index in [4.69, 9.17) is 4.74 Å². The van der Waals surface area contributed by atoms with Crippen LogP contribution in [0.3, 0.4) is 0 Å². The van der Waals surface area contributed by atoms with E-state index in [2.05, 4.69) is 39.7 Å². The van der Waals surface area contributed by atoms with Crippen LogP contribution in [0.25, 0.3) is 0 Å². The Morgan fingerprint density at radius 2 is 2.33 bits per heavy atom. The molecule has 0 saturated carbocycles. The summed E-state index contributed by atoms with van der Waals surface area (Å²) in [6.45, 7) is 2.94. The standard InChI is InChI=1S/C7H11IN2OS/c1-5(4-11-2)3-6-9-10-7(8)12-6/h5H,3-4H2,1-2H3. The van der Waals surface area contributed by atoms with Crippen LogP contribution in [-0.4, -0.2) is 23.9 Å². The number of nitrogens with zero attached hydrogens (tertiary/aromatic N) is 2. The molecule has 0 saturated heterocycles. The molecule has 0 N–H and O–H groups in total. The Bertz CT molecular complexity index is 241. The van der Waals surface area contributed by atoms with Crippen molar-refractivity contribution < 1.29 is 4.74 Å². The first-order valence-corrected chi connectivity index (χ1v) is 5.58. The number of hydrogen-bond donors (Lipinski definition) is 0. The molecule has 1 unspecified atom stereocenters. The van der Waals surface area contributed by atoms with Crippen molar-refractivity contribution in [2.75, 3.05) is 13.7 Å². The lowest BCUT2D eigenvalue weighted by molar-refractivity contribution is 0.159. The zero-order chi connectivity index (χ0) is 8.97. The smallest absolute Gasteiger partial charge is 0.178 e. The van der Waals surface area contributed by atoms with Crippen LogP contribution < -0.4 is 0 Å². The molecular weight excluding hydrogens is 287 g/mol. The molecule has 1 aromatic heterocycles. The molecule has 0 fully saturated rings. The molecule has 12 heavy (non-hydrogen) atoms. The predicted molar refractivity (Wildman–Crippen MR) is 57.4 cm³/mol. The molecule has 1 atom stereocenters. The lowest BCUT2D eigenvalue weighted by atomic mass is 10.1. The Morgan fingerprint density at radius 3 is 2.83 bits per heavy atom. The molecule has 0 spiro atoms. The van der Waals surface area contributed by atoms with Crippen molar-refractivity contribution in [1.29, 1.82) is 0 Å². The molecule has 0 aliphatic heterocycles. The van der Waals surface area contributed by atoms with Crippen LogP contribution in [0.4, 0.5) is 0 Å². The largest absolute Gasteiger partial charge is 0.384 e. The van der Waals surface area contributed by atoms with Gasteiger partial charge in [0.25, 0.3) is 0 Å². The third-order valence-electron chi connectivity index (χ3n) is 1.42. The second-order valence-corrected chi connectivity index (χ2v) is 5.53. The van der Waals surface area contributed by atoms with Gasteiger partial charge in [-0.1, -0.05) is 18.3 Å². The molecule has 1 rings (SSSR count). The van der Waals surface area contributed by atoms with Gasteiger partial charge in [-0.15, -0.1) is 10.2 Å². The summed E-state index contributed by atoms with van der Waals surface area (Å²) in [6, 6.07) is 0. The van der Waals surface area contributed by atoms with Gasteiger partial charge < -0.3 is 4.74 Å². The molecule has 5 heteroatoms. The first-order chi connectivity index (χ1) is 5.72. The summed E-state index contributed by atoms with van der Waals surface area (Å²) in [5, 5.41) is 9.09. The quantitative estimate of drug-likeness (QED) is 0.797. The third-order valence-corrected chi connectivity index (χ3v) is 3.03. The van der Waals surface area contributed by atoms with Gasteiger partial charge in [-0.25, -0.2) is 0 Å². The Hall–Kier alpha value is 0.250. The fourth-order valence-corrected chi connectivity index (χ4v) is 2.55. The van der Waals surface area contributed by atoms with Gasteiger partial charge in [-0.05, 0) is 28.5 Å². The van der Waals surface area contributed by atoms with E-state index < -0.39 is 0 Å². The van der Waals surface area contributed by atoms with Gasteiger partial charge in [-0.2, -0.15) is 0 Å². The fourth-order valence-electron chi connectivity index (χ4n) is 0.957. The fraction of sp³-hybridized carbons (Fsp3) is 0.714. The number of methoxy groups -OCH3 is 1. The van der Waals surface area contributed by atoms with E-state index in [1.54, 1.807) is 18.4 Å². The first-order valence-electron chi connectivity index (χ1n) is 3.69. The van der Waals surface area contributed by atoms with Crippen LogP contribution in [0.1, 0.15) is 11.9 Å². The van der Waals surface area contributed by atoms with E-state index in [9.17, 15) is 0 Å². The Morgan fingerprint density at radius 1 is 1.58 bits per heavy atom. The molecule has 0 aromatic carbocycles. The monoisotopic (exact) mass is 298 g/mol. The van der Waals surface area contributed by atoms with Gasteiger partial charge in [0.15, 0.2) is 3.01 Å². The number of rotatable bonds is 4. The molecule has 1 heterocycles. The Labute approximate surface area is 89.7 Å². The van der Waals surface area contributed by atoms with Crippen LogP contribution in [0.2, 0.25) is 0 Å². The number of aromatic nitrogens is 2. The minimum absolute atomic E-state index is 0.527. The first kappa shape index (κ1) is 10.3. The molecule has 1 aromatic rings. The van der Waals surface area contributed by atoms with Gasteiger partial charge in [0, 0.05) is 20.1 Å². The molecule has 0 radical (unpaired) electrons. The van der Waals surface area contributed by atoms with Crippen LogP contribution in [0.5, 0.6) is 0 Å².